The van der Waals surface area contributed by atoms with Crippen LogP contribution < -0.4 is 15.0 Å². The number of anilines is 1. The Labute approximate surface area is 256 Å². The highest BCUT2D eigenvalue weighted by Gasteiger charge is 2.31. The van der Waals surface area contributed by atoms with E-state index in [1.807, 2.05) is 23.1 Å². The molecule has 2 unspecified atom stereocenters. The van der Waals surface area contributed by atoms with Crippen molar-refractivity contribution in [2.24, 2.45) is 4.99 Å². The summed E-state index contributed by atoms with van der Waals surface area (Å²) in [7, 11) is 0. The molecular weight excluding hydrogens is 596 g/mol. The fourth-order valence-corrected chi connectivity index (χ4v) is 5.70. The van der Waals surface area contributed by atoms with Crippen LogP contribution in [0.25, 0.3) is 17.1 Å². The lowest BCUT2D eigenvalue weighted by Gasteiger charge is -2.23. The number of amidine groups is 1. The molecule has 2 atom stereocenters. The number of nitrogens with zero attached hydrogens (tertiary/aromatic N) is 5. The first-order valence-corrected chi connectivity index (χ1v) is 14.9. The average molecular weight is 627 g/mol. The Hall–Kier alpha value is -4.39. The van der Waals surface area contributed by atoms with Gasteiger partial charge >= 0.3 is 12.4 Å². The summed E-state index contributed by atoms with van der Waals surface area (Å²) >= 11 is 1.49. The molecule has 8 nitrogen and oxygen atoms in total. The predicted molar refractivity (Wildman–Crippen MR) is 163 cm³/mol. The number of rotatable bonds is 8. The van der Waals surface area contributed by atoms with E-state index in [0.717, 1.165) is 18.0 Å². The minimum Gasteiger partial charge on any atom is -0.406 e. The number of thioether (sulfide) groups is 1. The summed E-state index contributed by atoms with van der Waals surface area (Å²) in [4.78, 5) is 23.3. The Morgan fingerprint density at radius 2 is 1.73 bits per heavy atom. The van der Waals surface area contributed by atoms with Crippen molar-refractivity contribution < 1.29 is 27.1 Å². The molecule has 1 aliphatic rings. The number of alkyl halides is 4. The molecule has 230 valence electrons. The highest BCUT2D eigenvalue weighted by molar-refractivity contribution is 8.14. The maximum atomic E-state index is 15.4. The normalized spacial score (nSPS) is 15.9. The fraction of sp³-hybridized carbons (Fsp3) is 0.290. The molecule has 4 aromatic rings. The molecule has 0 aliphatic carbocycles. The molecule has 2 heterocycles. The van der Waals surface area contributed by atoms with Gasteiger partial charge < -0.3 is 15.0 Å². The Bertz CT molecular complexity index is 1620. The van der Waals surface area contributed by atoms with Crippen LogP contribution in [-0.2, 0) is 0 Å². The molecule has 0 radical (unpaired) electrons. The number of amides is 2. The Morgan fingerprint density at radius 3 is 2.41 bits per heavy atom. The molecule has 1 N–H and O–H groups in total. The average Bonchev–Trinajstić information content (AvgIpc) is 3.67. The topological polar surface area (TPSA) is 84.6 Å². The van der Waals surface area contributed by atoms with Gasteiger partial charge in [-0.25, -0.2) is 18.9 Å². The molecule has 3 aromatic carbocycles. The number of nitrogens with one attached hydrogen (secondary N) is 1. The SMILES string of the molecule is CC(C)c1ccccc1N1CCSC1=NC(=O)NC(C)C(F)c1ccc(-c2ncn(-c3ccc(OC(F)(F)F)cc3)n2)cc1. The Kier molecular flexibility index (Phi) is 9.23. The van der Waals surface area contributed by atoms with Crippen molar-refractivity contribution in [1.29, 1.82) is 0 Å². The van der Waals surface area contributed by atoms with E-state index in [-0.39, 0.29) is 5.75 Å². The molecular formula is C31H30F4N6O2S. The van der Waals surface area contributed by atoms with Gasteiger partial charge in [0.25, 0.3) is 0 Å². The maximum Gasteiger partial charge on any atom is 0.573 e. The molecule has 2 amide bonds. The second-order valence-corrected chi connectivity index (χ2v) is 11.5. The molecule has 0 bridgehead atoms. The predicted octanol–water partition coefficient (Wildman–Crippen LogP) is 7.67. The number of hydrogen-bond donors (Lipinski definition) is 1. The van der Waals surface area contributed by atoms with Crippen molar-refractivity contribution in [2.45, 2.75) is 45.3 Å². The lowest BCUT2D eigenvalue weighted by atomic mass is 10.0. The molecule has 1 fully saturated rings. The maximum absolute atomic E-state index is 15.4. The monoisotopic (exact) mass is 626 g/mol. The number of para-hydroxylation sites is 1. The zero-order chi connectivity index (χ0) is 31.4. The lowest BCUT2D eigenvalue weighted by Crippen LogP contribution is -2.35. The fourth-order valence-electron chi connectivity index (χ4n) is 4.75. The quantitative estimate of drug-likeness (QED) is 0.202. The van der Waals surface area contributed by atoms with Crippen molar-refractivity contribution >= 4 is 28.6 Å². The van der Waals surface area contributed by atoms with Gasteiger partial charge in [0.15, 0.2) is 11.0 Å². The number of aliphatic imine (C=N–C) groups is 1. The summed E-state index contributed by atoms with van der Waals surface area (Å²) < 4.78 is 57.9. The van der Waals surface area contributed by atoms with Crippen molar-refractivity contribution in [3.8, 4) is 22.8 Å². The summed E-state index contributed by atoms with van der Waals surface area (Å²) in [5.41, 5.74) is 3.63. The largest absolute Gasteiger partial charge is 0.573 e. The van der Waals surface area contributed by atoms with Crippen molar-refractivity contribution in [2.75, 3.05) is 17.2 Å². The van der Waals surface area contributed by atoms with Gasteiger partial charge in [0.1, 0.15) is 18.2 Å². The number of halogens is 4. The molecule has 1 aromatic heterocycles. The third kappa shape index (κ3) is 7.39. The minimum absolute atomic E-state index is 0.305. The summed E-state index contributed by atoms with van der Waals surface area (Å²) in [5.74, 6) is 1.10. The first-order chi connectivity index (χ1) is 21.0. The van der Waals surface area contributed by atoms with Gasteiger partial charge in [0.2, 0.25) is 0 Å². The number of urea groups is 1. The standard InChI is InChI=1S/C31H30F4N6O2S/c1-19(2)25-6-4-5-7-26(25)40-16-17-44-30(40)38-29(42)37-20(3)27(32)21-8-10-22(11-9-21)28-36-18-41(39-28)23-12-14-24(15-13-23)43-31(33,34)35/h4-15,18-20,27H,16-17H2,1-3H3,(H,37,42). The summed E-state index contributed by atoms with van der Waals surface area (Å²) in [6, 6.07) is 18.3. The zero-order valence-corrected chi connectivity index (χ0v) is 24.9. The zero-order valence-electron chi connectivity index (χ0n) is 24.1. The number of aromatic nitrogens is 3. The van der Waals surface area contributed by atoms with Crippen LogP contribution in [-0.4, -0.2) is 50.7 Å². The van der Waals surface area contributed by atoms with Crippen LogP contribution in [0.1, 0.15) is 44.0 Å². The summed E-state index contributed by atoms with van der Waals surface area (Å²) in [6.45, 7) is 6.54. The van der Waals surface area contributed by atoms with Gasteiger partial charge in [-0.05, 0) is 54.3 Å². The van der Waals surface area contributed by atoms with Gasteiger partial charge in [-0.3, -0.25) is 0 Å². The van der Waals surface area contributed by atoms with Crippen LogP contribution in [0.5, 0.6) is 5.75 Å². The lowest BCUT2D eigenvalue weighted by molar-refractivity contribution is -0.274. The van der Waals surface area contributed by atoms with E-state index in [2.05, 4.69) is 45.0 Å². The number of hydrogen-bond acceptors (Lipinski definition) is 5. The Balaban J connectivity index is 1.21. The van der Waals surface area contributed by atoms with Crippen molar-refractivity contribution in [1.82, 2.24) is 20.1 Å². The number of carbonyl (C=O) groups is 1. The van der Waals surface area contributed by atoms with E-state index in [1.54, 1.807) is 31.2 Å². The first-order valence-electron chi connectivity index (χ1n) is 13.9. The molecule has 1 saturated heterocycles. The van der Waals surface area contributed by atoms with E-state index in [4.69, 9.17) is 0 Å². The van der Waals surface area contributed by atoms with Crippen LogP contribution >= 0.6 is 11.8 Å². The molecule has 1 aliphatic heterocycles. The second kappa shape index (κ2) is 13.1. The third-order valence-corrected chi connectivity index (χ3v) is 7.88. The highest BCUT2D eigenvalue weighted by Crippen LogP contribution is 2.33. The van der Waals surface area contributed by atoms with Gasteiger partial charge in [-0.1, -0.05) is 68.1 Å². The van der Waals surface area contributed by atoms with Gasteiger partial charge in [-0.2, -0.15) is 4.99 Å². The molecule has 5 rings (SSSR count). The molecule has 0 saturated carbocycles. The number of benzene rings is 3. The first kappa shape index (κ1) is 31.0. The van der Waals surface area contributed by atoms with E-state index in [9.17, 15) is 18.0 Å². The second-order valence-electron chi connectivity index (χ2n) is 10.4. The van der Waals surface area contributed by atoms with Crippen molar-refractivity contribution in [3.05, 3.63) is 90.3 Å². The van der Waals surface area contributed by atoms with Gasteiger partial charge in [0.05, 0.1) is 11.7 Å². The van der Waals surface area contributed by atoms with Crippen LogP contribution in [0.4, 0.5) is 28.0 Å². The third-order valence-electron chi connectivity index (χ3n) is 6.93. The van der Waals surface area contributed by atoms with Crippen LogP contribution in [0.2, 0.25) is 0 Å². The van der Waals surface area contributed by atoms with Crippen molar-refractivity contribution in [3.63, 3.8) is 0 Å². The molecule has 44 heavy (non-hydrogen) atoms. The molecule has 13 heteroatoms. The Morgan fingerprint density at radius 1 is 1.02 bits per heavy atom. The highest BCUT2D eigenvalue weighted by atomic mass is 32.2. The smallest absolute Gasteiger partial charge is 0.406 e. The van der Waals surface area contributed by atoms with E-state index in [0.29, 0.717) is 33.7 Å². The van der Waals surface area contributed by atoms with Gasteiger partial charge in [0, 0.05) is 23.5 Å². The molecule has 0 spiro atoms. The van der Waals surface area contributed by atoms with E-state index >= 15 is 4.39 Å². The van der Waals surface area contributed by atoms with E-state index < -0.39 is 24.6 Å². The minimum atomic E-state index is -4.78. The van der Waals surface area contributed by atoms with Crippen LogP contribution in [0.3, 0.4) is 0 Å². The summed E-state index contributed by atoms with van der Waals surface area (Å²) in [5, 5.41) is 7.61. The van der Waals surface area contributed by atoms with Crippen LogP contribution in [0.15, 0.2) is 84.1 Å². The number of ether oxygens (including phenoxy) is 1. The summed E-state index contributed by atoms with van der Waals surface area (Å²) in [6.07, 6.45) is -4.85. The van der Waals surface area contributed by atoms with Crippen LogP contribution in [0, 0.1) is 0 Å². The van der Waals surface area contributed by atoms with Gasteiger partial charge in [-0.15, -0.1) is 18.3 Å². The van der Waals surface area contributed by atoms with E-state index in [1.165, 1.54) is 52.6 Å². The number of carbonyl (C=O) groups excluding carboxylic acids is 1.